The Hall–Kier alpha value is -1.87. The number of amides is 1. The maximum atomic E-state index is 12.4. The normalized spacial score (nSPS) is 16.9. The molecule has 21 heavy (non-hydrogen) atoms. The molecule has 0 bridgehead atoms. The minimum Gasteiger partial charge on any atom is -0.480 e. The van der Waals surface area contributed by atoms with E-state index >= 15 is 0 Å². The maximum absolute atomic E-state index is 12.4. The Kier molecular flexibility index (Phi) is 4.33. The van der Waals surface area contributed by atoms with Gasteiger partial charge in [0.25, 0.3) is 5.91 Å². The van der Waals surface area contributed by atoms with Gasteiger partial charge >= 0.3 is 5.97 Å². The number of carbonyl (C=O) groups is 2. The molecule has 1 fully saturated rings. The van der Waals surface area contributed by atoms with Crippen LogP contribution in [0.3, 0.4) is 0 Å². The third-order valence-electron chi connectivity index (χ3n) is 3.35. The topological polar surface area (TPSA) is 99.9 Å². The molecule has 2 heterocycles. The second-order valence-electron chi connectivity index (χ2n) is 4.87. The van der Waals surface area contributed by atoms with Crippen LogP contribution in [0.15, 0.2) is 18.3 Å². The van der Waals surface area contributed by atoms with Crippen molar-refractivity contribution in [3.05, 3.63) is 24.0 Å². The van der Waals surface area contributed by atoms with Crippen molar-refractivity contribution in [2.24, 2.45) is 0 Å². The van der Waals surface area contributed by atoms with Crippen LogP contribution in [0.4, 0.5) is 0 Å². The predicted molar refractivity (Wildman–Crippen MR) is 74.4 cm³/mol. The average molecular weight is 315 g/mol. The van der Waals surface area contributed by atoms with Gasteiger partial charge < -0.3 is 14.6 Å². The third-order valence-corrected chi connectivity index (χ3v) is 4.65. The molecule has 1 saturated heterocycles. The number of nitrogens with zero attached hydrogens (tertiary/aromatic N) is 3. The zero-order chi connectivity index (χ0) is 15.6. The molecular formula is C12H17N3O5S. The van der Waals surface area contributed by atoms with E-state index in [4.69, 9.17) is 5.11 Å². The maximum Gasteiger partial charge on any atom is 0.323 e. The molecule has 0 spiro atoms. The van der Waals surface area contributed by atoms with E-state index in [2.05, 4.69) is 0 Å². The van der Waals surface area contributed by atoms with Crippen molar-refractivity contribution in [2.75, 3.05) is 32.4 Å². The first-order valence-corrected chi connectivity index (χ1v) is 8.25. The quantitative estimate of drug-likeness (QED) is 0.791. The highest BCUT2D eigenvalue weighted by Crippen LogP contribution is 2.11. The number of piperazine rings is 1. The molecule has 1 amide bonds. The van der Waals surface area contributed by atoms with Gasteiger partial charge in [0, 0.05) is 32.4 Å². The summed E-state index contributed by atoms with van der Waals surface area (Å²) in [6.45, 7) is 0.820. The first-order valence-electron chi connectivity index (χ1n) is 6.40. The van der Waals surface area contributed by atoms with E-state index in [0.29, 0.717) is 18.8 Å². The molecule has 0 atom stereocenters. The van der Waals surface area contributed by atoms with Gasteiger partial charge in [0.05, 0.1) is 6.26 Å². The number of hydrogen-bond donors (Lipinski definition) is 1. The summed E-state index contributed by atoms with van der Waals surface area (Å²) in [7, 11) is -3.24. The van der Waals surface area contributed by atoms with Gasteiger partial charge in [-0.1, -0.05) is 0 Å². The highest BCUT2D eigenvalue weighted by Gasteiger charge is 2.27. The van der Waals surface area contributed by atoms with Crippen molar-refractivity contribution >= 4 is 21.9 Å². The number of carboxylic acid groups (broad SMARTS) is 1. The summed E-state index contributed by atoms with van der Waals surface area (Å²) >= 11 is 0. The van der Waals surface area contributed by atoms with Gasteiger partial charge in [-0.3, -0.25) is 9.59 Å². The van der Waals surface area contributed by atoms with Crippen LogP contribution >= 0.6 is 0 Å². The Morgan fingerprint density at radius 3 is 2.38 bits per heavy atom. The fourth-order valence-electron chi connectivity index (χ4n) is 2.28. The minimum atomic E-state index is -3.24. The molecule has 9 heteroatoms. The van der Waals surface area contributed by atoms with Crippen molar-refractivity contribution in [1.82, 2.24) is 13.8 Å². The van der Waals surface area contributed by atoms with Crippen LogP contribution in [-0.4, -0.2) is 71.6 Å². The highest BCUT2D eigenvalue weighted by molar-refractivity contribution is 7.88. The zero-order valence-electron chi connectivity index (χ0n) is 11.6. The number of carbonyl (C=O) groups excluding carboxylic acids is 1. The summed E-state index contributed by atoms with van der Waals surface area (Å²) in [5, 5.41) is 8.81. The lowest BCUT2D eigenvalue weighted by atomic mass is 10.3. The first kappa shape index (κ1) is 15.5. The Balaban J connectivity index is 2.06. The van der Waals surface area contributed by atoms with Gasteiger partial charge in [-0.05, 0) is 12.1 Å². The van der Waals surface area contributed by atoms with Crippen LogP contribution in [0.2, 0.25) is 0 Å². The van der Waals surface area contributed by atoms with E-state index < -0.39 is 16.0 Å². The Bertz CT molecular complexity index is 644. The number of aromatic nitrogens is 1. The summed E-state index contributed by atoms with van der Waals surface area (Å²) < 4.78 is 25.5. The summed E-state index contributed by atoms with van der Waals surface area (Å²) in [6.07, 6.45) is 2.68. The smallest absolute Gasteiger partial charge is 0.323 e. The van der Waals surface area contributed by atoms with E-state index in [1.165, 1.54) is 20.0 Å². The Morgan fingerprint density at radius 1 is 1.24 bits per heavy atom. The molecule has 0 radical (unpaired) electrons. The van der Waals surface area contributed by atoms with Crippen molar-refractivity contribution in [2.45, 2.75) is 6.54 Å². The van der Waals surface area contributed by atoms with Gasteiger partial charge in [0.2, 0.25) is 10.0 Å². The molecule has 0 saturated carbocycles. The molecule has 1 N–H and O–H groups in total. The second kappa shape index (κ2) is 5.86. The monoisotopic (exact) mass is 315 g/mol. The van der Waals surface area contributed by atoms with Gasteiger partial charge in [-0.2, -0.15) is 4.31 Å². The standard InChI is InChI=1S/C12H17N3O5S/c1-21(19,20)15-7-5-13(6-8-15)12(18)10-3-2-4-14(10)9-11(16)17/h2-4H,5-9H2,1H3,(H,16,17). The highest BCUT2D eigenvalue weighted by atomic mass is 32.2. The van der Waals surface area contributed by atoms with Crippen molar-refractivity contribution in [3.8, 4) is 0 Å². The molecular weight excluding hydrogens is 298 g/mol. The number of carboxylic acids is 1. The van der Waals surface area contributed by atoms with Crippen LogP contribution in [0.5, 0.6) is 0 Å². The summed E-state index contributed by atoms with van der Waals surface area (Å²) in [5.74, 6) is -1.31. The van der Waals surface area contributed by atoms with Gasteiger partial charge in [0.15, 0.2) is 0 Å². The Labute approximate surface area is 122 Å². The fourth-order valence-corrected chi connectivity index (χ4v) is 3.10. The van der Waals surface area contributed by atoms with Crippen LogP contribution in [0.25, 0.3) is 0 Å². The Morgan fingerprint density at radius 2 is 1.86 bits per heavy atom. The van der Waals surface area contributed by atoms with Crippen molar-refractivity contribution < 1.29 is 23.1 Å². The number of rotatable bonds is 4. The van der Waals surface area contributed by atoms with Crippen LogP contribution in [-0.2, 0) is 21.4 Å². The summed E-state index contributed by atoms with van der Waals surface area (Å²) in [6, 6.07) is 3.18. The lowest BCUT2D eigenvalue weighted by Crippen LogP contribution is -2.50. The van der Waals surface area contributed by atoms with Crippen LogP contribution in [0, 0.1) is 0 Å². The van der Waals surface area contributed by atoms with E-state index in [9.17, 15) is 18.0 Å². The van der Waals surface area contributed by atoms with E-state index in [0.717, 1.165) is 6.26 Å². The lowest BCUT2D eigenvalue weighted by molar-refractivity contribution is -0.137. The molecule has 8 nitrogen and oxygen atoms in total. The number of aliphatic carboxylic acids is 1. The lowest BCUT2D eigenvalue weighted by Gasteiger charge is -2.33. The van der Waals surface area contributed by atoms with E-state index in [1.807, 2.05) is 0 Å². The molecule has 1 aliphatic heterocycles. The molecule has 0 aromatic carbocycles. The fraction of sp³-hybridized carbons (Fsp3) is 0.500. The number of sulfonamides is 1. The van der Waals surface area contributed by atoms with E-state index in [1.54, 1.807) is 12.1 Å². The van der Waals surface area contributed by atoms with Gasteiger partial charge in [-0.25, -0.2) is 8.42 Å². The van der Waals surface area contributed by atoms with Crippen molar-refractivity contribution in [3.63, 3.8) is 0 Å². The van der Waals surface area contributed by atoms with Crippen LogP contribution < -0.4 is 0 Å². The molecule has 0 aliphatic carbocycles. The predicted octanol–water partition coefficient (Wildman–Crippen LogP) is -0.710. The number of hydrogen-bond acceptors (Lipinski definition) is 4. The molecule has 1 aromatic rings. The largest absolute Gasteiger partial charge is 0.480 e. The van der Waals surface area contributed by atoms with Crippen LogP contribution in [0.1, 0.15) is 10.5 Å². The minimum absolute atomic E-state index is 0.254. The zero-order valence-corrected chi connectivity index (χ0v) is 12.4. The average Bonchev–Trinajstić information content (AvgIpc) is 2.84. The summed E-state index contributed by atoms with van der Waals surface area (Å²) in [5.41, 5.74) is 0.296. The third kappa shape index (κ3) is 3.61. The van der Waals surface area contributed by atoms with Crippen molar-refractivity contribution in [1.29, 1.82) is 0 Å². The molecule has 1 aliphatic rings. The van der Waals surface area contributed by atoms with Gasteiger partial charge in [0.1, 0.15) is 12.2 Å². The SMILES string of the molecule is CS(=O)(=O)N1CCN(C(=O)c2cccn2CC(=O)O)CC1. The van der Waals surface area contributed by atoms with E-state index in [-0.39, 0.29) is 25.5 Å². The van der Waals surface area contributed by atoms with Gasteiger partial charge in [-0.15, -0.1) is 0 Å². The molecule has 1 aromatic heterocycles. The first-order chi connectivity index (χ1) is 9.79. The molecule has 2 rings (SSSR count). The summed E-state index contributed by atoms with van der Waals surface area (Å²) in [4.78, 5) is 24.7. The second-order valence-corrected chi connectivity index (χ2v) is 6.85. The molecule has 0 unspecified atom stereocenters. The molecule has 116 valence electrons.